The Balaban J connectivity index is 1.99. The summed E-state index contributed by atoms with van der Waals surface area (Å²) in [6.07, 6.45) is 2.77. The van der Waals surface area contributed by atoms with Gasteiger partial charge in [0.05, 0.1) is 18.4 Å². The number of carbonyl (C=O) groups excluding carboxylic acids is 2. The SMILES string of the molecule is COC(=O)/C1=C/N(Cc2ccccc2)CCn2c(C=O)ccc2C1C. The van der Waals surface area contributed by atoms with E-state index in [-0.39, 0.29) is 11.9 Å². The molecule has 1 aliphatic rings. The molecule has 5 nitrogen and oxygen atoms in total. The van der Waals surface area contributed by atoms with Crippen LogP contribution in [0, 0.1) is 0 Å². The summed E-state index contributed by atoms with van der Waals surface area (Å²) < 4.78 is 6.98. The predicted octanol–water partition coefficient (Wildman–Crippen LogP) is 2.98. The average Bonchev–Trinajstić information content (AvgIpc) is 3.05. The highest BCUT2D eigenvalue weighted by Gasteiger charge is 2.26. The predicted molar refractivity (Wildman–Crippen MR) is 95.2 cm³/mol. The van der Waals surface area contributed by atoms with Crippen LogP contribution in [-0.4, -0.2) is 35.4 Å². The van der Waals surface area contributed by atoms with E-state index < -0.39 is 0 Å². The van der Waals surface area contributed by atoms with Gasteiger partial charge in [0.25, 0.3) is 0 Å². The van der Waals surface area contributed by atoms with Crippen molar-refractivity contribution < 1.29 is 14.3 Å². The highest BCUT2D eigenvalue weighted by molar-refractivity contribution is 5.90. The fourth-order valence-electron chi connectivity index (χ4n) is 3.29. The number of methoxy groups -OCH3 is 1. The quantitative estimate of drug-likeness (QED) is 0.635. The number of aromatic nitrogens is 1. The minimum atomic E-state index is -0.340. The maximum atomic E-state index is 12.3. The fourth-order valence-corrected chi connectivity index (χ4v) is 3.29. The van der Waals surface area contributed by atoms with Crippen molar-refractivity contribution in [3.05, 3.63) is 71.2 Å². The summed E-state index contributed by atoms with van der Waals surface area (Å²) in [6.45, 7) is 4.05. The molecule has 0 aliphatic carbocycles. The zero-order chi connectivity index (χ0) is 17.8. The summed E-state index contributed by atoms with van der Waals surface area (Å²) >= 11 is 0. The number of rotatable bonds is 4. The van der Waals surface area contributed by atoms with Crippen molar-refractivity contribution in [2.45, 2.75) is 25.9 Å². The molecule has 1 aromatic heterocycles. The van der Waals surface area contributed by atoms with Crippen molar-refractivity contribution in [1.29, 1.82) is 0 Å². The van der Waals surface area contributed by atoms with Crippen molar-refractivity contribution >= 4 is 12.3 Å². The third-order valence-electron chi connectivity index (χ3n) is 4.66. The molecule has 0 fully saturated rings. The molecule has 5 heteroatoms. The molecule has 1 aromatic carbocycles. The molecule has 25 heavy (non-hydrogen) atoms. The lowest BCUT2D eigenvalue weighted by molar-refractivity contribution is -0.136. The van der Waals surface area contributed by atoms with E-state index in [1.807, 2.05) is 42.0 Å². The highest BCUT2D eigenvalue weighted by atomic mass is 16.5. The molecule has 0 radical (unpaired) electrons. The number of hydrogen-bond donors (Lipinski definition) is 0. The summed E-state index contributed by atoms with van der Waals surface area (Å²) in [6, 6.07) is 13.8. The van der Waals surface area contributed by atoms with Gasteiger partial charge < -0.3 is 14.2 Å². The minimum Gasteiger partial charge on any atom is -0.466 e. The van der Waals surface area contributed by atoms with Gasteiger partial charge >= 0.3 is 5.97 Å². The number of aldehydes is 1. The Bertz CT molecular complexity index is 793. The maximum Gasteiger partial charge on any atom is 0.335 e. The second kappa shape index (κ2) is 7.38. The van der Waals surface area contributed by atoms with E-state index in [4.69, 9.17) is 4.74 Å². The van der Waals surface area contributed by atoms with Gasteiger partial charge in [-0.3, -0.25) is 4.79 Å². The van der Waals surface area contributed by atoms with Gasteiger partial charge in [-0.1, -0.05) is 37.3 Å². The van der Waals surface area contributed by atoms with Crippen LogP contribution in [0.5, 0.6) is 0 Å². The van der Waals surface area contributed by atoms with Crippen molar-refractivity contribution in [2.24, 2.45) is 0 Å². The van der Waals surface area contributed by atoms with Crippen LogP contribution in [-0.2, 0) is 22.6 Å². The zero-order valence-electron chi connectivity index (χ0n) is 14.5. The summed E-state index contributed by atoms with van der Waals surface area (Å²) in [4.78, 5) is 25.8. The van der Waals surface area contributed by atoms with E-state index in [2.05, 4.69) is 17.0 Å². The van der Waals surface area contributed by atoms with Gasteiger partial charge in [-0.2, -0.15) is 0 Å². The summed E-state index contributed by atoms with van der Waals surface area (Å²) in [5.41, 5.74) is 3.35. The molecule has 0 N–H and O–H groups in total. The molecule has 0 saturated heterocycles. The first-order valence-corrected chi connectivity index (χ1v) is 8.36. The summed E-state index contributed by atoms with van der Waals surface area (Å²) in [5, 5.41) is 0. The smallest absolute Gasteiger partial charge is 0.335 e. The van der Waals surface area contributed by atoms with Crippen LogP contribution in [0.2, 0.25) is 0 Å². The van der Waals surface area contributed by atoms with Gasteiger partial charge in [0.2, 0.25) is 0 Å². The van der Waals surface area contributed by atoms with Crippen molar-refractivity contribution in [1.82, 2.24) is 9.47 Å². The van der Waals surface area contributed by atoms with E-state index in [1.165, 1.54) is 12.7 Å². The summed E-state index contributed by atoms with van der Waals surface area (Å²) in [7, 11) is 1.39. The van der Waals surface area contributed by atoms with Gasteiger partial charge in [0, 0.05) is 37.4 Å². The largest absolute Gasteiger partial charge is 0.466 e. The van der Waals surface area contributed by atoms with E-state index >= 15 is 0 Å². The Morgan fingerprint density at radius 2 is 1.96 bits per heavy atom. The molecule has 2 aromatic rings. The molecule has 0 bridgehead atoms. The molecule has 1 unspecified atom stereocenters. The summed E-state index contributed by atoms with van der Waals surface area (Å²) in [5.74, 6) is -0.493. The molecular weight excluding hydrogens is 316 g/mol. The molecule has 0 saturated carbocycles. The fraction of sp³-hybridized carbons (Fsp3) is 0.300. The van der Waals surface area contributed by atoms with Gasteiger partial charge in [0.1, 0.15) is 0 Å². The van der Waals surface area contributed by atoms with Crippen LogP contribution in [0.3, 0.4) is 0 Å². The number of hydrogen-bond acceptors (Lipinski definition) is 4. The highest BCUT2D eigenvalue weighted by Crippen LogP contribution is 2.29. The van der Waals surface area contributed by atoms with Crippen LogP contribution < -0.4 is 0 Å². The minimum absolute atomic E-state index is 0.153. The van der Waals surface area contributed by atoms with Crippen LogP contribution >= 0.6 is 0 Å². The number of carbonyl (C=O) groups is 2. The average molecular weight is 338 g/mol. The van der Waals surface area contributed by atoms with Crippen LogP contribution in [0.25, 0.3) is 0 Å². The lowest BCUT2D eigenvalue weighted by Crippen LogP contribution is -2.29. The van der Waals surface area contributed by atoms with Crippen LogP contribution in [0.1, 0.15) is 34.6 Å². The first kappa shape index (κ1) is 17.0. The van der Waals surface area contributed by atoms with Crippen LogP contribution in [0.4, 0.5) is 0 Å². The van der Waals surface area contributed by atoms with E-state index in [1.54, 1.807) is 6.07 Å². The first-order valence-electron chi connectivity index (χ1n) is 8.36. The van der Waals surface area contributed by atoms with Crippen molar-refractivity contribution in [3.63, 3.8) is 0 Å². The number of ether oxygens (including phenoxy) is 1. The third-order valence-corrected chi connectivity index (χ3v) is 4.66. The normalized spacial score (nSPS) is 19.2. The molecule has 1 atom stereocenters. The molecule has 3 rings (SSSR count). The second-order valence-electron chi connectivity index (χ2n) is 6.21. The van der Waals surface area contributed by atoms with Gasteiger partial charge in [-0.15, -0.1) is 0 Å². The van der Waals surface area contributed by atoms with E-state index in [0.29, 0.717) is 30.9 Å². The third kappa shape index (κ3) is 3.50. The van der Waals surface area contributed by atoms with E-state index in [9.17, 15) is 9.59 Å². The number of nitrogens with zero attached hydrogens (tertiary/aromatic N) is 2. The second-order valence-corrected chi connectivity index (χ2v) is 6.21. The monoisotopic (exact) mass is 338 g/mol. The molecule has 0 spiro atoms. The van der Waals surface area contributed by atoms with Crippen molar-refractivity contribution in [3.8, 4) is 0 Å². The topological polar surface area (TPSA) is 51.5 Å². The Kier molecular flexibility index (Phi) is 5.03. The molecule has 0 amide bonds. The Morgan fingerprint density at radius 1 is 1.20 bits per heavy atom. The van der Waals surface area contributed by atoms with Crippen molar-refractivity contribution in [2.75, 3.05) is 13.7 Å². The molecule has 2 heterocycles. The Hall–Kier alpha value is -2.82. The molecule has 130 valence electrons. The van der Waals surface area contributed by atoms with Gasteiger partial charge in [0.15, 0.2) is 6.29 Å². The van der Waals surface area contributed by atoms with E-state index in [0.717, 1.165) is 12.0 Å². The first-order chi connectivity index (χ1) is 12.1. The number of fused-ring (bicyclic) bond motifs is 1. The van der Waals surface area contributed by atoms with Crippen LogP contribution in [0.15, 0.2) is 54.2 Å². The lowest BCUT2D eigenvalue weighted by Gasteiger charge is -2.28. The molecule has 1 aliphatic heterocycles. The number of benzene rings is 1. The van der Waals surface area contributed by atoms with Gasteiger partial charge in [-0.25, -0.2) is 4.79 Å². The lowest BCUT2D eigenvalue weighted by atomic mass is 9.97. The zero-order valence-corrected chi connectivity index (χ0v) is 14.5. The molecular formula is C20H22N2O3. The van der Waals surface area contributed by atoms with Gasteiger partial charge in [-0.05, 0) is 17.7 Å². The Morgan fingerprint density at radius 3 is 2.64 bits per heavy atom. The maximum absolute atomic E-state index is 12.3. The number of esters is 1. The standard InChI is InChI=1S/C20H22N2O3/c1-15-18(20(24)25-2)13-21(12-16-6-4-3-5-7-16)10-11-22-17(14-23)8-9-19(15)22/h3-9,13-15H,10-12H2,1-2H3/b18-13+. The Labute approximate surface area is 147 Å².